The van der Waals surface area contributed by atoms with Crippen LogP contribution in [0.5, 0.6) is 5.75 Å². The minimum Gasteiger partial charge on any atom is -0.506 e. The van der Waals surface area contributed by atoms with E-state index >= 15 is 0 Å². The van der Waals surface area contributed by atoms with Crippen LogP contribution in [-0.4, -0.2) is 72.8 Å². The summed E-state index contributed by atoms with van der Waals surface area (Å²) in [5.74, 6) is -1.63. The number of aryl methyl sites for hydroxylation is 1. The molecule has 0 saturated carbocycles. The highest BCUT2D eigenvalue weighted by Crippen LogP contribution is 2.38. The van der Waals surface area contributed by atoms with E-state index in [0.29, 0.717) is 18.1 Å². The summed E-state index contributed by atoms with van der Waals surface area (Å²) < 4.78 is 41.3. The van der Waals surface area contributed by atoms with Crippen LogP contribution < -0.4 is 21.5 Å². The number of likely N-dealkylation sites (N-methyl/N-ethyl adjacent to an activating group) is 1. The van der Waals surface area contributed by atoms with Crippen LogP contribution in [0.4, 0.5) is 24.7 Å². The molecule has 5 rings (SSSR count). The van der Waals surface area contributed by atoms with Gasteiger partial charge in [-0.05, 0) is 24.6 Å². The fraction of sp³-hybridized carbons (Fsp3) is 0.276. The second-order valence-corrected chi connectivity index (χ2v) is 11.4. The van der Waals surface area contributed by atoms with Crippen molar-refractivity contribution in [2.45, 2.75) is 25.7 Å². The minimum atomic E-state index is -4.36. The number of phenols is 1. The molecule has 0 bridgehead atoms. The number of alkyl halides is 3. The van der Waals surface area contributed by atoms with Crippen LogP contribution in [0.3, 0.4) is 0 Å². The van der Waals surface area contributed by atoms with Gasteiger partial charge in [-0.15, -0.1) is 0 Å². The quantitative estimate of drug-likeness (QED) is 0.212. The molecular formula is C29H27Cl2F3N8O4. The maximum atomic E-state index is 13.3. The highest BCUT2D eigenvalue weighted by molar-refractivity contribution is 6.34. The Labute approximate surface area is 269 Å². The largest absolute Gasteiger partial charge is 0.506 e. The number of aromatic hydroxyl groups is 1. The van der Waals surface area contributed by atoms with Gasteiger partial charge < -0.3 is 35.1 Å². The monoisotopic (exact) mass is 678 g/mol. The third-order valence-electron chi connectivity index (χ3n) is 7.52. The van der Waals surface area contributed by atoms with Crippen molar-refractivity contribution >= 4 is 57.6 Å². The number of aromatic nitrogens is 4. The van der Waals surface area contributed by atoms with Gasteiger partial charge in [-0.1, -0.05) is 29.8 Å². The number of carbonyl (C=O) groups excluding carboxylic acids is 2. The SMILES string of the molecule is C=C1[C@H](CN(CC)c2cc(NC(=O)Cn3cc(-c4cc(Cl)c(O)c(C(N)=O)c4)c4c(=O)n(C)cnc43)c(Cl)cn2)N1CC(F)(F)F. The molecule has 0 aliphatic carbocycles. The highest BCUT2D eigenvalue weighted by Gasteiger charge is 2.46. The van der Waals surface area contributed by atoms with E-state index in [1.807, 2.05) is 6.92 Å². The maximum Gasteiger partial charge on any atom is 0.405 e. The molecule has 0 spiro atoms. The molecule has 1 aromatic carbocycles. The summed E-state index contributed by atoms with van der Waals surface area (Å²) in [7, 11) is 1.50. The van der Waals surface area contributed by atoms with Gasteiger partial charge in [0.25, 0.3) is 11.5 Å². The second kappa shape index (κ2) is 12.2. The van der Waals surface area contributed by atoms with Gasteiger partial charge >= 0.3 is 6.18 Å². The molecule has 46 heavy (non-hydrogen) atoms. The number of halogens is 5. The molecule has 1 aliphatic rings. The normalized spacial score (nSPS) is 14.5. The van der Waals surface area contributed by atoms with Gasteiger partial charge in [-0.25, -0.2) is 9.97 Å². The fourth-order valence-electron chi connectivity index (χ4n) is 5.12. The van der Waals surface area contributed by atoms with Crippen molar-refractivity contribution in [2.24, 2.45) is 12.8 Å². The van der Waals surface area contributed by atoms with Gasteiger partial charge in [0.1, 0.15) is 30.3 Å². The van der Waals surface area contributed by atoms with Crippen molar-refractivity contribution in [3.05, 3.63) is 75.2 Å². The van der Waals surface area contributed by atoms with E-state index < -0.39 is 41.9 Å². The molecule has 0 unspecified atom stereocenters. The van der Waals surface area contributed by atoms with Crippen molar-refractivity contribution in [3.63, 3.8) is 0 Å². The summed E-state index contributed by atoms with van der Waals surface area (Å²) in [6.45, 7) is 4.71. The number of nitrogens with one attached hydrogen (secondary N) is 1. The minimum absolute atomic E-state index is 0.116. The Kier molecular flexibility index (Phi) is 8.66. The van der Waals surface area contributed by atoms with Crippen LogP contribution in [-0.2, 0) is 18.4 Å². The number of rotatable bonds is 10. The van der Waals surface area contributed by atoms with Crippen LogP contribution >= 0.6 is 23.2 Å². The zero-order valence-electron chi connectivity index (χ0n) is 24.4. The smallest absolute Gasteiger partial charge is 0.405 e. The van der Waals surface area contributed by atoms with Crippen molar-refractivity contribution < 1.29 is 27.9 Å². The second-order valence-electron chi connectivity index (χ2n) is 10.6. The number of nitrogens with two attached hydrogens (primary N) is 1. The molecule has 1 atom stereocenters. The molecule has 4 aromatic rings. The number of carbonyl (C=O) groups is 2. The first-order chi connectivity index (χ1) is 21.6. The highest BCUT2D eigenvalue weighted by atomic mass is 35.5. The Bertz CT molecular complexity index is 1960. The number of hydrogen-bond acceptors (Lipinski definition) is 8. The van der Waals surface area contributed by atoms with Crippen molar-refractivity contribution in [1.82, 2.24) is 24.0 Å². The zero-order valence-corrected chi connectivity index (χ0v) is 25.9. The third-order valence-corrected chi connectivity index (χ3v) is 8.11. The lowest BCUT2D eigenvalue weighted by atomic mass is 10.0. The van der Waals surface area contributed by atoms with E-state index in [-0.39, 0.29) is 56.5 Å². The average molecular weight is 679 g/mol. The molecular weight excluding hydrogens is 652 g/mol. The topological polar surface area (TPSA) is 151 Å². The summed E-state index contributed by atoms with van der Waals surface area (Å²) in [5, 5.41) is 13.0. The standard InChI is InChI=1S/C29H27Cl2F3N8O4/c1-4-40(10-21-14(2)42(21)12-29(32,33)34)22-7-20(19(31)8-36-22)38-23(43)11-41-9-17(24-27(41)37-13-39(3)28(24)46)15-5-16(26(35)45)25(44)18(30)6-15/h5-9,13,21,44H,2,4,10-12H2,1,3H3,(H2,35,45)(H,36,38,43)/t21-,42?/m0/s1. The van der Waals surface area contributed by atoms with Crippen LogP contribution in [0.1, 0.15) is 17.3 Å². The van der Waals surface area contributed by atoms with Gasteiger partial charge in [0.2, 0.25) is 5.91 Å². The van der Waals surface area contributed by atoms with Crippen LogP contribution in [0, 0.1) is 0 Å². The first-order valence-electron chi connectivity index (χ1n) is 13.7. The lowest BCUT2D eigenvalue weighted by Gasteiger charge is -2.23. The van der Waals surface area contributed by atoms with E-state index in [4.69, 9.17) is 28.9 Å². The van der Waals surface area contributed by atoms with E-state index in [9.17, 15) is 32.7 Å². The Hall–Kier alpha value is -4.76. The molecule has 242 valence electrons. The van der Waals surface area contributed by atoms with Crippen molar-refractivity contribution in [3.8, 4) is 16.9 Å². The van der Waals surface area contributed by atoms with Crippen LogP contribution in [0.2, 0.25) is 10.0 Å². The summed E-state index contributed by atoms with van der Waals surface area (Å²) >= 11 is 12.5. The first kappa shape index (κ1) is 32.6. The van der Waals surface area contributed by atoms with Gasteiger partial charge in [0.05, 0.1) is 45.2 Å². The van der Waals surface area contributed by atoms with Gasteiger partial charge in [0.15, 0.2) is 0 Å². The van der Waals surface area contributed by atoms with Crippen molar-refractivity contribution in [2.75, 3.05) is 29.9 Å². The predicted octanol–water partition coefficient (Wildman–Crippen LogP) is 4.13. The van der Waals surface area contributed by atoms with E-state index in [2.05, 4.69) is 21.9 Å². The third kappa shape index (κ3) is 6.46. The summed E-state index contributed by atoms with van der Waals surface area (Å²) in [4.78, 5) is 49.9. The number of nitrogens with zero attached hydrogens (tertiary/aromatic N) is 6. The van der Waals surface area contributed by atoms with Crippen LogP contribution in [0.25, 0.3) is 22.2 Å². The van der Waals surface area contributed by atoms with Gasteiger partial charge in [-0.2, -0.15) is 13.2 Å². The van der Waals surface area contributed by atoms with Gasteiger partial charge in [0, 0.05) is 43.7 Å². The van der Waals surface area contributed by atoms with E-state index in [1.54, 1.807) is 4.90 Å². The number of primary amides is 1. The Morgan fingerprint density at radius 2 is 1.91 bits per heavy atom. The van der Waals surface area contributed by atoms with Gasteiger partial charge in [-0.3, -0.25) is 14.4 Å². The Morgan fingerprint density at radius 1 is 1.20 bits per heavy atom. The molecule has 1 fully saturated rings. The maximum absolute atomic E-state index is 13.3. The summed E-state index contributed by atoms with van der Waals surface area (Å²) in [6.07, 6.45) is -0.261. The Morgan fingerprint density at radius 3 is 2.57 bits per heavy atom. The fourth-order valence-corrected chi connectivity index (χ4v) is 5.49. The lowest BCUT2D eigenvalue weighted by molar-refractivity contribution is -0.134. The molecule has 3 aromatic heterocycles. The van der Waals surface area contributed by atoms with E-state index in [1.165, 1.54) is 58.0 Å². The van der Waals surface area contributed by atoms with Crippen molar-refractivity contribution in [1.29, 1.82) is 0 Å². The molecule has 1 aliphatic heterocycles. The number of amides is 2. The molecule has 0 radical (unpaired) electrons. The molecule has 2 amide bonds. The molecule has 1 saturated heterocycles. The lowest BCUT2D eigenvalue weighted by Crippen LogP contribution is -2.31. The average Bonchev–Trinajstić information content (AvgIpc) is 3.39. The molecule has 17 heteroatoms. The number of fused-ring (bicyclic) bond motifs is 1. The van der Waals surface area contributed by atoms with Crippen LogP contribution in [0.15, 0.2) is 54.0 Å². The number of benzene rings is 1. The molecule has 4 heterocycles. The predicted molar refractivity (Wildman–Crippen MR) is 167 cm³/mol. The first-order valence-corrected chi connectivity index (χ1v) is 14.4. The summed E-state index contributed by atoms with van der Waals surface area (Å²) in [5.41, 5.74) is 5.98. The summed E-state index contributed by atoms with van der Waals surface area (Å²) in [6, 6.07) is 3.65. The number of pyridine rings is 1. The number of hydrogen-bond donors (Lipinski definition) is 3. The molecule has 12 nitrogen and oxygen atoms in total. The molecule has 4 N–H and O–H groups in total. The zero-order chi connectivity index (χ0) is 33.7. The number of anilines is 2. The van der Waals surface area contributed by atoms with E-state index in [0.717, 1.165) is 0 Å². The Balaban J connectivity index is 1.41.